The monoisotopic (exact) mass is 237 g/mol. The van der Waals surface area contributed by atoms with Gasteiger partial charge in [0.25, 0.3) is 0 Å². The van der Waals surface area contributed by atoms with Gasteiger partial charge in [-0.05, 0) is 50.0 Å². The normalized spacial score (nSPS) is 14.6. The summed E-state index contributed by atoms with van der Waals surface area (Å²) in [5.41, 5.74) is 3.05. The first-order chi connectivity index (χ1) is 8.10. The van der Waals surface area contributed by atoms with Gasteiger partial charge in [0.1, 0.15) is 6.10 Å². The van der Waals surface area contributed by atoms with E-state index in [4.69, 9.17) is 0 Å². The van der Waals surface area contributed by atoms with Gasteiger partial charge in [0.05, 0.1) is 6.10 Å². The molecule has 0 spiro atoms. The van der Waals surface area contributed by atoms with Crippen LogP contribution in [0.5, 0.6) is 0 Å². The highest BCUT2D eigenvalue weighted by Gasteiger charge is 2.18. The van der Waals surface area contributed by atoms with E-state index in [9.17, 15) is 10.2 Å². The molecule has 17 heavy (non-hydrogen) atoms. The molecule has 96 valence electrons. The van der Waals surface area contributed by atoms with Crippen LogP contribution in [0.15, 0.2) is 18.2 Å². The Labute approximate surface area is 103 Å². The molecule has 0 aliphatic rings. The largest absolute Gasteiger partial charge is 0.390 e. The summed E-state index contributed by atoms with van der Waals surface area (Å²) in [6.45, 7) is 4.74. The van der Waals surface area contributed by atoms with Gasteiger partial charge in [-0.15, -0.1) is 0 Å². The van der Waals surface area contributed by atoms with Crippen LogP contribution in [0.2, 0.25) is 0 Å². The topological polar surface area (TPSA) is 52.5 Å². The van der Waals surface area contributed by atoms with Crippen LogP contribution in [0.4, 0.5) is 0 Å². The maximum Gasteiger partial charge on any atom is 0.105 e. The number of likely N-dealkylation sites (N-methyl/N-ethyl adjacent to an activating group) is 1. The molecule has 0 fully saturated rings. The van der Waals surface area contributed by atoms with Gasteiger partial charge >= 0.3 is 0 Å². The highest BCUT2D eigenvalue weighted by Crippen LogP contribution is 2.23. The zero-order valence-electron chi connectivity index (χ0n) is 10.9. The van der Waals surface area contributed by atoms with Crippen LogP contribution in [0.25, 0.3) is 0 Å². The molecule has 3 N–H and O–H groups in total. The molecule has 0 amide bonds. The zero-order chi connectivity index (χ0) is 12.8. The summed E-state index contributed by atoms with van der Waals surface area (Å²) in [6.07, 6.45) is 0.0165. The maximum absolute atomic E-state index is 10.1. The fraction of sp³-hybridized carbons (Fsp3) is 0.571. The van der Waals surface area contributed by atoms with Crippen LogP contribution in [0.3, 0.4) is 0 Å². The Bertz CT molecular complexity index is 352. The van der Waals surface area contributed by atoms with Gasteiger partial charge in [-0.25, -0.2) is 0 Å². The van der Waals surface area contributed by atoms with Gasteiger partial charge in [0, 0.05) is 0 Å². The van der Waals surface area contributed by atoms with Gasteiger partial charge in [-0.3, -0.25) is 0 Å². The predicted molar refractivity (Wildman–Crippen MR) is 70.1 cm³/mol. The molecule has 1 rings (SSSR count). The Hall–Kier alpha value is -0.900. The number of aliphatic hydroxyl groups excluding tert-OH is 2. The highest BCUT2D eigenvalue weighted by molar-refractivity contribution is 5.33. The molecule has 0 aromatic heterocycles. The Morgan fingerprint density at radius 2 is 2.00 bits per heavy atom. The van der Waals surface area contributed by atoms with Gasteiger partial charge in [0.15, 0.2) is 0 Å². The van der Waals surface area contributed by atoms with E-state index >= 15 is 0 Å². The second-order valence-corrected chi connectivity index (χ2v) is 4.46. The van der Waals surface area contributed by atoms with Crippen molar-refractivity contribution >= 4 is 0 Å². The lowest BCUT2D eigenvalue weighted by Gasteiger charge is -2.19. The van der Waals surface area contributed by atoms with Gasteiger partial charge < -0.3 is 15.5 Å². The summed E-state index contributed by atoms with van der Waals surface area (Å²) >= 11 is 0. The van der Waals surface area contributed by atoms with Crippen molar-refractivity contribution in [2.45, 2.75) is 38.9 Å². The van der Waals surface area contributed by atoms with Crippen LogP contribution in [-0.2, 0) is 6.42 Å². The van der Waals surface area contributed by atoms with E-state index in [1.807, 2.05) is 33.0 Å². The number of nitrogens with one attached hydrogen (secondary N) is 1. The van der Waals surface area contributed by atoms with Gasteiger partial charge in [-0.1, -0.05) is 25.1 Å². The van der Waals surface area contributed by atoms with E-state index in [-0.39, 0.29) is 0 Å². The van der Waals surface area contributed by atoms with E-state index in [1.165, 1.54) is 5.56 Å². The summed E-state index contributed by atoms with van der Waals surface area (Å²) in [5.74, 6) is 0. The molecule has 0 radical (unpaired) electrons. The lowest BCUT2D eigenvalue weighted by molar-refractivity contribution is 0.0161. The van der Waals surface area contributed by atoms with E-state index in [0.29, 0.717) is 6.42 Å². The average Bonchev–Trinajstić information content (AvgIpc) is 2.36. The quantitative estimate of drug-likeness (QED) is 0.704. The first-order valence-electron chi connectivity index (χ1n) is 6.20. The minimum absolute atomic E-state index is 0.557. The van der Waals surface area contributed by atoms with Crippen molar-refractivity contribution in [3.8, 4) is 0 Å². The van der Waals surface area contributed by atoms with Crippen LogP contribution in [0.1, 0.15) is 36.1 Å². The molecule has 1 aromatic rings. The van der Waals surface area contributed by atoms with E-state index in [0.717, 1.165) is 24.1 Å². The van der Waals surface area contributed by atoms with E-state index < -0.39 is 12.2 Å². The first kappa shape index (κ1) is 14.2. The number of aryl methyl sites for hydroxylation is 1. The van der Waals surface area contributed by atoms with Crippen molar-refractivity contribution in [1.82, 2.24) is 5.32 Å². The summed E-state index contributed by atoms with van der Waals surface area (Å²) in [5, 5.41) is 22.9. The molecule has 0 heterocycles. The summed E-state index contributed by atoms with van der Waals surface area (Å²) in [4.78, 5) is 0. The molecule has 3 heteroatoms. The van der Waals surface area contributed by atoms with Crippen molar-refractivity contribution in [3.05, 3.63) is 34.9 Å². The number of aliphatic hydroxyl groups is 2. The fourth-order valence-corrected chi connectivity index (χ4v) is 1.86. The third-order valence-corrected chi connectivity index (χ3v) is 3.11. The SMILES string of the molecule is CCC(O)C(O)c1cc(CCNC)ccc1C. The molecule has 0 saturated carbocycles. The first-order valence-corrected chi connectivity index (χ1v) is 6.20. The number of hydrogen-bond donors (Lipinski definition) is 3. The average molecular weight is 237 g/mol. The molecule has 2 atom stereocenters. The molecule has 0 aliphatic heterocycles. The lowest BCUT2D eigenvalue weighted by Crippen LogP contribution is -2.18. The molecular formula is C14H23NO2. The second-order valence-electron chi connectivity index (χ2n) is 4.46. The van der Waals surface area contributed by atoms with Crippen LogP contribution < -0.4 is 5.32 Å². The molecule has 2 unspecified atom stereocenters. The van der Waals surface area contributed by atoms with Crippen LogP contribution >= 0.6 is 0 Å². The fourth-order valence-electron chi connectivity index (χ4n) is 1.86. The van der Waals surface area contributed by atoms with Crippen molar-refractivity contribution in [1.29, 1.82) is 0 Å². The van der Waals surface area contributed by atoms with E-state index in [2.05, 4.69) is 11.4 Å². The van der Waals surface area contributed by atoms with Crippen LogP contribution in [-0.4, -0.2) is 29.9 Å². The van der Waals surface area contributed by atoms with Crippen LogP contribution in [0, 0.1) is 6.92 Å². The second kappa shape index (κ2) is 6.74. The van der Waals surface area contributed by atoms with Crippen molar-refractivity contribution in [2.24, 2.45) is 0 Å². The molecular weight excluding hydrogens is 214 g/mol. The van der Waals surface area contributed by atoms with Gasteiger partial charge in [0.2, 0.25) is 0 Å². The lowest BCUT2D eigenvalue weighted by atomic mass is 9.95. The zero-order valence-corrected chi connectivity index (χ0v) is 10.9. The Morgan fingerprint density at radius 3 is 2.59 bits per heavy atom. The highest BCUT2D eigenvalue weighted by atomic mass is 16.3. The molecule has 0 bridgehead atoms. The molecule has 1 aromatic carbocycles. The maximum atomic E-state index is 10.1. The van der Waals surface area contributed by atoms with Crippen molar-refractivity contribution in [3.63, 3.8) is 0 Å². The van der Waals surface area contributed by atoms with Crippen molar-refractivity contribution in [2.75, 3.05) is 13.6 Å². The smallest absolute Gasteiger partial charge is 0.105 e. The Kier molecular flexibility index (Phi) is 5.62. The number of hydrogen-bond acceptors (Lipinski definition) is 3. The number of benzene rings is 1. The molecule has 3 nitrogen and oxygen atoms in total. The number of rotatable bonds is 6. The van der Waals surface area contributed by atoms with Crippen molar-refractivity contribution < 1.29 is 10.2 Å². The van der Waals surface area contributed by atoms with Gasteiger partial charge in [-0.2, -0.15) is 0 Å². The summed E-state index contributed by atoms with van der Waals surface area (Å²) in [7, 11) is 1.92. The minimum atomic E-state index is -0.783. The predicted octanol–water partition coefficient (Wildman–Crippen LogP) is 1.56. The molecule has 0 saturated heterocycles. The van der Waals surface area contributed by atoms with E-state index in [1.54, 1.807) is 0 Å². The molecule has 0 aliphatic carbocycles. The standard InChI is InChI=1S/C14H23NO2/c1-4-13(16)14(17)12-9-11(7-8-15-3)6-5-10(12)2/h5-6,9,13-17H,4,7-8H2,1-3H3. The Morgan fingerprint density at radius 1 is 1.29 bits per heavy atom. The Balaban J connectivity index is 2.89. The third-order valence-electron chi connectivity index (χ3n) is 3.11. The summed E-state index contributed by atoms with van der Waals surface area (Å²) < 4.78 is 0. The third kappa shape index (κ3) is 3.80. The minimum Gasteiger partial charge on any atom is -0.390 e. The summed E-state index contributed by atoms with van der Waals surface area (Å²) in [6, 6.07) is 6.07.